The van der Waals surface area contributed by atoms with Gasteiger partial charge in [-0.25, -0.2) is 4.90 Å². The molecule has 1 saturated heterocycles. The minimum Gasteiger partial charge on any atom is -0.491 e. The number of hydrogen-bond donors (Lipinski definition) is 0. The van der Waals surface area contributed by atoms with Gasteiger partial charge in [0, 0.05) is 11.3 Å². The number of amides is 2. The lowest BCUT2D eigenvalue weighted by Crippen LogP contribution is -2.51. The lowest BCUT2D eigenvalue weighted by atomic mass is 9.48. The number of hydrogen-bond acceptors (Lipinski definition) is 3. The first-order valence-electron chi connectivity index (χ1n) is 11.4. The summed E-state index contributed by atoms with van der Waals surface area (Å²) in [4.78, 5) is 29.4. The van der Waals surface area contributed by atoms with Crippen LogP contribution < -0.4 is 9.64 Å². The van der Waals surface area contributed by atoms with E-state index in [1.807, 2.05) is 55.5 Å². The van der Waals surface area contributed by atoms with E-state index >= 15 is 0 Å². The van der Waals surface area contributed by atoms with E-state index in [1.165, 1.54) is 27.2 Å². The van der Waals surface area contributed by atoms with Gasteiger partial charge in [-0.05, 0) is 40.8 Å². The largest absolute Gasteiger partial charge is 0.491 e. The van der Waals surface area contributed by atoms with Gasteiger partial charge in [0.15, 0.2) is 0 Å². The Kier molecular flexibility index (Phi) is 4.10. The van der Waals surface area contributed by atoms with E-state index in [4.69, 9.17) is 4.74 Å². The van der Waals surface area contributed by atoms with Crippen molar-refractivity contribution in [2.45, 2.75) is 31.6 Å². The molecular weight excluding hydrogens is 398 g/mol. The summed E-state index contributed by atoms with van der Waals surface area (Å²) in [7, 11) is 0. The minimum absolute atomic E-state index is 0.112. The Hall–Kier alpha value is -3.40. The van der Waals surface area contributed by atoms with Crippen molar-refractivity contribution < 1.29 is 14.3 Å². The average Bonchev–Trinajstić information content (AvgIpc) is 3.09. The molecule has 4 nitrogen and oxygen atoms in total. The van der Waals surface area contributed by atoms with Crippen molar-refractivity contribution in [3.05, 3.63) is 95.1 Å². The summed E-state index contributed by atoms with van der Waals surface area (Å²) in [6, 6.07) is 24.1. The highest BCUT2D eigenvalue weighted by molar-refractivity contribution is 6.24. The molecule has 160 valence electrons. The third-order valence-corrected chi connectivity index (χ3v) is 7.61. The zero-order valence-corrected chi connectivity index (χ0v) is 18.2. The van der Waals surface area contributed by atoms with Crippen molar-refractivity contribution in [2.75, 3.05) is 11.5 Å². The molecular formula is C28H25NO3. The number of carbonyl (C=O) groups excluding carboxylic acids is 2. The molecule has 1 fully saturated rings. The van der Waals surface area contributed by atoms with Crippen LogP contribution >= 0.6 is 0 Å². The fraction of sp³-hybridized carbons (Fsp3) is 0.286. The zero-order valence-electron chi connectivity index (χ0n) is 18.2. The summed E-state index contributed by atoms with van der Waals surface area (Å²) in [6.45, 7) is 4.72. The fourth-order valence-corrected chi connectivity index (χ4v) is 6.36. The van der Waals surface area contributed by atoms with E-state index in [1.54, 1.807) is 0 Å². The zero-order chi connectivity index (χ0) is 22.0. The van der Waals surface area contributed by atoms with Crippen LogP contribution in [0.5, 0.6) is 5.75 Å². The van der Waals surface area contributed by atoms with Crippen LogP contribution in [-0.4, -0.2) is 18.4 Å². The van der Waals surface area contributed by atoms with Crippen molar-refractivity contribution in [3.8, 4) is 5.75 Å². The molecule has 2 amide bonds. The highest BCUT2D eigenvalue weighted by atomic mass is 16.5. The maximum absolute atomic E-state index is 14.0. The molecule has 32 heavy (non-hydrogen) atoms. The number of para-hydroxylation sites is 2. The molecule has 0 spiro atoms. The Morgan fingerprint density at radius 3 is 2.09 bits per heavy atom. The maximum atomic E-state index is 14.0. The van der Waals surface area contributed by atoms with Crippen molar-refractivity contribution in [1.29, 1.82) is 0 Å². The molecule has 2 atom stereocenters. The molecule has 0 unspecified atom stereocenters. The third kappa shape index (κ3) is 2.27. The van der Waals surface area contributed by atoms with Gasteiger partial charge in [0.05, 0.1) is 24.1 Å². The first-order chi connectivity index (χ1) is 15.6. The molecule has 1 aliphatic heterocycles. The van der Waals surface area contributed by atoms with Gasteiger partial charge in [-0.1, -0.05) is 74.5 Å². The van der Waals surface area contributed by atoms with E-state index in [0.29, 0.717) is 18.0 Å². The van der Waals surface area contributed by atoms with Crippen molar-refractivity contribution >= 4 is 17.5 Å². The van der Waals surface area contributed by atoms with E-state index in [9.17, 15) is 9.59 Å². The number of nitrogens with zero attached hydrogens (tertiary/aromatic N) is 1. The van der Waals surface area contributed by atoms with E-state index in [0.717, 1.165) is 6.42 Å². The normalized spacial score (nSPS) is 27.2. The predicted octanol–water partition coefficient (Wildman–Crippen LogP) is 5.05. The quantitative estimate of drug-likeness (QED) is 0.552. The average molecular weight is 424 g/mol. The Morgan fingerprint density at radius 1 is 0.844 bits per heavy atom. The van der Waals surface area contributed by atoms with Gasteiger partial charge in [-0.15, -0.1) is 0 Å². The molecule has 0 saturated carbocycles. The second kappa shape index (κ2) is 6.80. The van der Waals surface area contributed by atoms with Crippen LogP contribution in [0.2, 0.25) is 0 Å². The molecule has 3 aromatic rings. The number of imide groups is 1. The lowest BCUT2D eigenvalue weighted by Gasteiger charge is -2.52. The molecule has 2 bridgehead atoms. The summed E-state index contributed by atoms with van der Waals surface area (Å²) in [6.07, 6.45) is 0.853. The first kappa shape index (κ1) is 19.3. The molecule has 1 heterocycles. The number of benzene rings is 3. The third-order valence-electron chi connectivity index (χ3n) is 7.61. The van der Waals surface area contributed by atoms with Crippen LogP contribution in [-0.2, 0) is 15.0 Å². The molecule has 7 rings (SSSR count). The highest BCUT2D eigenvalue weighted by Gasteiger charge is 2.66. The summed E-state index contributed by atoms with van der Waals surface area (Å²) in [5.74, 6) is -0.598. The van der Waals surface area contributed by atoms with E-state index < -0.39 is 17.3 Å². The van der Waals surface area contributed by atoms with Crippen LogP contribution in [0.3, 0.4) is 0 Å². The van der Waals surface area contributed by atoms with Gasteiger partial charge in [-0.3, -0.25) is 9.59 Å². The first-order valence-corrected chi connectivity index (χ1v) is 11.4. The highest BCUT2D eigenvalue weighted by Crippen LogP contribution is 2.64. The van der Waals surface area contributed by atoms with Gasteiger partial charge in [0.2, 0.25) is 11.8 Å². The maximum Gasteiger partial charge on any atom is 0.239 e. The van der Waals surface area contributed by atoms with Crippen LogP contribution in [0, 0.1) is 11.8 Å². The van der Waals surface area contributed by atoms with E-state index in [2.05, 4.69) is 31.2 Å². The van der Waals surface area contributed by atoms with Gasteiger partial charge >= 0.3 is 0 Å². The standard InChI is InChI=1S/C28H25NO3/c1-3-16-32-22-15-9-8-14-21(22)29-26(30)24-23-17-10-4-6-12-19(17)28(2,25(24)27(29)31)20-13-7-5-11-18(20)23/h4-15,23-25H,3,16H2,1-2H3/t23?,24-,25-,28?/m0/s1. The molecule has 4 heteroatoms. The smallest absolute Gasteiger partial charge is 0.239 e. The summed E-state index contributed by atoms with van der Waals surface area (Å²) >= 11 is 0. The summed E-state index contributed by atoms with van der Waals surface area (Å²) in [5.41, 5.74) is 4.70. The van der Waals surface area contributed by atoms with Crippen LogP contribution in [0.1, 0.15) is 48.4 Å². The number of rotatable bonds is 4. The van der Waals surface area contributed by atoms with Crippen molar-refractivity contribution in [3.63, 3.8) is 0 Å². The van der Waals surface area contributed by atoms with Gasteiger partial charge in [0.1, 0.15) is 5.75 Å². The van der Waals surface area contributed by atoms with E-state index in [-0.39, 0.29) is 17.7 Å². The van der Waals surface area contributed by atoms with Gasteiger partial charge < -0.3 is 4.74 Å². The number of anilines is 1. The Balaban J connectivity index is 1.55. The molecule has 0 aromatic heterocycles. The Bertz CT molecular complexity index is 1220. The second-order valence-corrected chi connectivity index (χ2v) is 9.19. The molecule has 0 radical (unpaired) electrons. The number of ether oxygens (including phenoxy) is 1. The minimum atomic E-state index is -0.548. The fourth-order valence-electron chi connectivity index (χ4n) is 6.36. The summed E-state index contributed by atoms with van der Waals surface area (Å²) in [5, 5.41) is 0. The lowest BCUT2D eigenvalue weighted by molar-refractivity contribution is -0.123. The van der Waals surface area contributed by atoms with Crippen LogP contribution in [0.25, 0.3) is 0 Å². The Morgan fingerprint density at radius 2 is 1.44 bits per heavy atom. The molecule has 4 aliphatic rings. The van der Waals surface area contributed by atoms with Crippen LogP contribution in [0.4, 0.5) is 5.69 Å². The second-order valence-electron chi connectivity index (χ2n) is 9.19. The van der Waals surface area contributed by atoms with Crippen molar-refractivity contribution in [2.24, 2.45) is 11.8 Å². The van der Waals surface area contributed by atoms with Gasteiger partial charge in [0.25, 0.3) is 0 Å². The summed E-state index contributed by atoms with van der Waals surface area (Å²) < 4.78 is 5.92. The topological polar surface area (TPSA) is 46.6 Å². The molecule has 0 N–H and O–H groups in total. The molecule has 3 aromatic carbocycles. The number of carbonyl (C=O) groups is 2. The Labute approximate surface area is 187 Å². The SMILES string of the molecule is CCCOc1ccccc1N1C(=O)[C@@H]2[C@@H](C1=O)C1c3ccccc3C2(C)c2ccccc21. The van der Waals surface area contributed by atoms with Gasteiger partial charge in [-0.2, -0.15) is 0 Å². The van der Waals surface area contributed by atoms with Crippen molar-refractivity contribution in [1.82, 2.24) is 0 Å². The predicted molar refractivity (Wildman–Crippen MR) is 123 cm³/mol. The van der Waals surface area contributed by atoms with Crippen LogP contribution in [0.15, 0.2) is 72.8 Å². The molecule has 3 aliphatic carbocycles. The monoisotopic (exact) mass is 423 g/mol.